The van der Waals surface area contributed by atoms with Crippen molar-refractivity contribution in [3.8, 4) is 5.75 Å². The number of fused-ring (bicyclic) bond motifs is 3. The molecule has 2 atom stereocenters. The highest BCUT2D eigenvalue weighted by Gasteiger charge is 2.45. The number of halogens is 1. The van der Waals surface area contributed by atoms with Crippen molar-refractivity contribution in [2.24, 2.45) is 5.92 Å². The molecule has 35 heavy (non-hydrogen) atoms. The zero-order chi connectivity index (χ0) is 24.7. The SMILES string of the molecule is CCN1CCN(CCc2cc(F)ccc2S(=O)(=O)Nc2ccc3c(c2C(=O)O)OCC2CC32)CC1. The molecule has 8 nitrogen and oxygen atoms in total. The van der Waals surface area contributed by atoms with E-state index in [2.05, 4.69) is 21.4 Å². The van der Waals surface area contributed by atoms with Crippen LogP contribution in [-0.2, 0) is 16.4 Å². The highest BCUT2D eigenvalue weighted by molar-refractivity contribution is 7.92. The standard InChI is InChI=1S/C25H30FN3O5S/c1-2-28-9-11-29(12-10-28)8-7-16-13-18(26)3-6-22(16)35(32,33)27-21-5-4-19-20-14-17(20)15-34-24(19)23(21)25(30)31/h3-6,13,17,20,27H,2,7-12,14-15H2,1H3,(H,30,31). The number of carboxylic acids is 1. The lowest BCUT2D eigenvalue weighted by atomic mass is 10.0. The first kappa shape index (κ1) is 24.0. The molecule has 1 aliphatic carbocycles. The van der Waals surface area contributed by atoms with Crippen molar-refractivity contribution in [1.29, 1.82) is 0 Å². The average molecular weight is 504 g/mol. The fraction of sp³-hybridized carbons (Fsp3) is 0.480. The van der Waals surface area contributed by atoms with Crippen LogP contribution < -0.4 is 9.46 Å². The van der Waals surface area contributed by atoms with Gasteiger partial charge in [-0.1, -0.05) is 13.0 Å². The predicted molar refractivity (Wildman–Crippen MR) is 129 cm³/mol. The van der Waals surface area contributed by atoms with E-state index in [4.69, 9.17) is 4.74 Å². The summed E-state index contributed by atoms with van der Waals surface area (Å²) in [4.78, 5) is 16.6. The summed E-state index contributed by atoms with van der Waals surface area (Å²) in [7, 11) is -4.17. The van der Waals surface area contributed by atoms with Crippen LogP contribution in [0.3, 0.4) is 0 Å². The molecule has 2 unspecified atom stereocenters. The van der Waals surface area contributed by atoms with Crippen LogP contribution in [0, 0.1) is 11.7 Å². The molecule has 5 rings (SSSR count). The molecule has 2 heterocycles. The Kier molecular flexibility index (Phi) is 6.45. The molecule has 2 N–H and O–H groups in total. The van der Waals surface area contributed by atoms with Gasteiger partial charge >= 0.3 is 5.97 Å². The summed E-state index contributed by atoms with van der Waals surface area (Å²) >= 11 is 0. The minimum Gasteiger partial charge on any atom is -0.492 e. The fourth-order valence-corrected chi connectivity index (χ4v) is 6.48. The van der Waals surface area contributed by atoms with E-state index in [1.54, 1.807) is 6.07 Å². The van der Waals surface area contributed by atoms with Crippen molar-refractivity contribution in [2.45, 2.75) is 30.6 Å². The molecule has 3 aliphatic rings. The van der Waals surface area contributed by atoms with Crippen LogP contribution >= 0.6 is 0 Å². The number of carboxylic acid groups (broad SMARTS) is 1. The van der Waals surface area contributed by atoms with Crippen molar-refractivity contribution in [3.63, 3.8) is 0 Å². The number of anilines is 1. The number of sulfonamides is 1. The Morgan fingerprint density at radius 2 is 1.91 bits per heavy atom. The van der Waals surface area contributed by atoms with E-state index >= 15 is 0 Å². The van der Waals surface area contributed by atoms with Crippen molar-refractivity contribution in [2.75, 3.05) is 50.6 Å². The Morgan fingerprint density at radius 3 is 2.63 bits per heavy atom. The monoisotopic (exact) mass is 503 g/mol. The normalized spacial score (nSPS) is 22.1. The highest BCUT2D eigenvalue weighted by Crippen LogP contribution is 2.55. The van der Waals surface area contributed by atoms with E-state index in [1.165, 1.54) is 18.2 Å². The number of nitrogens with one attached hydrogen (secondary N) is 1. The first-order valence-corrected chi connectivity index (χ1v) is 13.5. The van der Waals surface area contributed by atoms with Gasteiger partial charge in [-0.3, -0.25) is 4.72 Å². The van der Waals surface area contributed by atoms with Gasteiger partial charge in [0.05, 0.1) is 17.2 Å². The third kappa shape index (κ3) is 4.87. The summed E-state index contributed by atoms with van der Waals surface area (Å²) in [6.45, 7) is 7.82. The van der Waals surface area contributed by atoms with Crippen LogP contribution in [0.4, 0.5) is 10.1 Å². The number of rotatable bonds is 8. The van der Waals surface area contributed by atoms with E-state index in [0.29, 0.717) is 31.1 Å². The van der Waals surface area contributed by atoms with E-state index in [0.717, 1.165) is 50.8 Å². The quantitative estimate of drug-likeness (QED) is 0.571. The summed E-state index contributed by atoms with van der Waals surface area (Å²) in [6, 6.07) is 6.83. The van der Waals surface area contributed by atoms with Gasteiger partial charge in [0, 0.05) is 38.6 Å². The molecule has 0 amide bonds. The Labute approximate surface area is 204 Å². The second-order valence-corrected chi connectivity index (χ2v) is 11.2. The summed E-state index contributed by atoms with van der Waals surface area (Å²) < 4.78 is 49.0. The molecular formula is C25H30FN3O5S. The number of ether oxygens (including phenoxy) is 1. The van der Waals surface area contributed by atoms with E-state index in [-0.39, 0.29) is 27.8 Å². The topological polar surface area (TPSA) is 99.2 Å². The molecule has 0 radical (unpaired) electrons. The summed E-state index contributed by atoms with van der Waals surface area (Å²) in [6.07, 6.45) is 1.31. The molecular weight excluding hydrogens is 473 g/mol. The van der Waals surface area contributed by atoms with E-state index in [9.17, 15) is 22.7 Å². The van der Waals surface area contributed by atoms with Crippen LogP contribution in [0.2, 0.25) is 0 Å². The molecule has 2 aliphatic heterocycles. The first-order chi connectivity index (χ1) is 16.8. The highest BCUT2D eigenvalue weighted by atomic mass is 32.2. The minimum absolute atomic E-state index is 0.0525. The van der Waals surface area contributed by atoms with E-state index in [1.807, 2.05) is 0 Å². The second kappa shape index (κ2) is 9.40. The molecule has 0 aromatic heterocycles. The maximum absolute atomic E-state index is 14.1. The molecule has 0 bridgehead atoms. The zero-order valence-corrected chi connectivity index (χ0v) is 20.5. The van der Waals surface area contributed by atoms with Gasteiger partial charge in [0.2, 0.25) is 0 Å². The van der Waals surface area contributed by atoms with Crippen molar-refractivity contribution in [3.05, 3.63) is 52.8 Å². The molecule has 0 spiro atoms. The minimum atomic E-state index is -4.17. The zero-order valence-electron chi connectivity index (χ0n) is 19.7. The van der Waals surface area contributed by atoms with Gasteiger partial charge < -0.3 is 19.6 Å². The maximum atomic E-state index is 14.1. The van der Waals surface area contributed by atoms with Gasteiger partial charge in [0.25, 0.3) is 10.0 Å². The molecule has 2 fully saturated rings. The van der Waals surface area contributed by atoms with Crippen LogP contribution in [-0.4, -0.2) is 75.2 Å². The molecule has 1 saturated carbocycles. The Hall–Kier alpha value is -2.69. The number of benzene rings is 2. The van der Waals surface area contributed by atoms with Crippen LogP contribution in [0.15, 0.2) is 35.2 Å². The number of hydrogen-bond donors (Lipinski definition) is 2. The third-order valence-corrected chi connectivity index (χ3v) is 8.80. The Morgan fingerprint density at radius 1 is 1.17 bits per heavy atom. The lowest BCUT2D eigenvalue weighted by Gasteiger charge is -2.34. The Balaban J connectivity index is 1.39. The average Bonchev–Trinajstić information content (AvgIpc) is 3.62. The molecule has 188 valence electrons. The lowest BCUT2D eigenvalue weighted by Crippen LogP contribution is -2.46. The number of carbonyl (C=O) groups is 1. The summed E-state index contributed by atoms with van der Waals surface area (Å²) in [5, 5.41) is 9.87. The molecule has 10 heteroatoms. The second-order valence-electron chi connectivity index (χ2n) is 9.51. The Bertz CT molecular complexity index is 1240. The summed E-state index contributed by atoms with van der Waals surface area (Å²) in [5.41, 5.74) is 0.935. The fourth-order valence-electron chi connectivity index (χ4n) is 5.16. The lowest BCUT2D eigenvalue weighted by molar-refractivity contribution is 0.0692. The predicted octanol–water partition coefficient (Wildman–Crippen LogP) is 3.00. The smallest absolute Gasteiger partial charge is 0.341 e. The largest absolute Gasteiger partial charge is 0.492 e. The van der Waals surface area contributed by atoms with Gasteiger partial charge in [-0.2, -0.15) is 0 Å². The molecule has 2 aromatic carbocycles. The number of piperazine rings is 1. The van der Waals surface area contributed by atoms with Crippen LogP contribution in [0.5, 0.6) is 5.75 Å². The van der Waals surface area contributed by atoms with Crippen molar-refractivity contribution in [1.82, 2.24) is 9.80 Å². The van der Waals surface area contributed by atoms with Gasteiger partial charge in [-0.25, -0.2) is 17.6 Å². The van der Waals surface area contributed by atoms with Crippen molar-refractivity contribution >= 4 is 21.7 Å². The summed E-state index contributed by atoms with van der Waals surface area (Å²) in [5.74, 6) is -0.864. The number of nitrogens with zero attached hydrogens (tertiary/aromatic N) is 2. The first-order valence-electron chi connectivity index (χ1n) is 12.1. The van der Waals surface area contributed by atoms with Gasteiger partial charge in [0.1, 0.15) is 17.1 Å². The van der Waals surface area contributed by atoms with Crippen molar-refractivity contribution < 1.29 is 27.4 Å². The number of hydrogen-bond acceptors (Lipinski definition) is 6. The van der Waals surface area contributed by atoms with Crippen LogP contribution in [0.1, 0.15) is 40.7 Å². The van der Waals surface area contributed by atoms with Gasteiger partial charge in [0.15, 0.2) is 0 Å². The molecule has 1 saturated heterocycles. The number of likely N-dealkylation sites (N-methyl/N-ethyl adjacent to an activating group) is 1. The van der Waals surface area contributed by atoms with E-state index < -0.39 is 21.8 Å². The van der Waals surface area contributed by atoms with Gasteiger partial charge in [-0.05, 0) is 60.7 Å². The van der Waals surface area contributed by atoms with Crippen LogP contribution in [0.25, 0.3) is 0 Å². The third-order valence-electron chi connectivity index (χ3n) is 7.33. The number of aromatic carboxylic acids is 1. The van der Waals surface area contributed by atoms with Gasteiger partial charge in [-0.15, -0.1) is 0 Å². The molecule has 2 aromatic rings. The maximum Gasteiger partial charge on any atom is 0.341 e.